The molecule has 1 unspecified atom stereocenters. The fraction of sp³-hybridized carbons (Fsp3) is 0.833. The lowest BCUT2D eigenvalue weighted by Crippen LogP contribution is -2.54. The molecule has 1 rings (SSSR count). The highest BCUT2D eigenvalue weighted by molar-refractivity contribution is 5.85. The topological polar surface area (TPSA) is 73.6 Å². The molecule has 0 bridgehead atoms. The van der Waals surface area contributed by atoms with Crippen molar-refractivity contribution < 1.29 is 14.4 Å². The van der Waals surface area contributed by atoms with Gasteiger partial charge in [0.05, 0.1) is 13.7 Å². The molecule has 5 nitrogen and oxygen atoms in total. The summed E-state index contributed by atoms with van der Waals surface area (Å²) in [4.78, 5) is 15.6. The lowest BCUT2D eigenvalue weighted by Gasteiger charge is -2.18. The summed E-state index contributed by atoms with van der Waals surface area (Å²) in [5, 5.41) is 0. The molecule has 1 saturated heterocycles. The van der Waals surface area contributed by atoms with Crippen LogP contribution in [0.25, 0.3) is 0 Å². The van der Waals surface area contributed by atoms with Gasteiger partial charge in [0.15, 0.2) is 0 Å². The van der Waals surface area contributed by atoms with Crippen molar-refractivity contribution in [1.29, 1.82) is 0 Å². The molecule has 0 aromatic rings. The van der Waals surface area contributed by atoms with Crippen molar-refractivity contribution in [2.24, 2.45) is 5.73 Å². The zero-order valence-electron chi connectivity index (χ0n) is 6.42. The summed E-state index contributed by atoms with van der Waals surface area (Å²) in [6, 6.07) is 0. The number of hydrogen-bond acceptors (Lipinski definition) is 4. The number of amides is 1. The molecule has 3 N–H and O–H groups in total. The van der Waals surface area contributed by atoms with Crippen LogP contribution in [0.1, 0.15) is 6.42 Å². The molecule has 1 amide bonds. The highest BCUT2D eigenvalue weighted by Gasteiger charge is 2.38. The predicted molar refractivity (Wildman–Crippen MR) is 37.5 cm³/mol. The number of ether oxygens (including phenoxy) is 1. The van der Waals surface area contributed by atoms with E-state index in [1.54, 1.807) is 0 Å². The van der Waals surface area contributed by atoms with Crippen LogP contribution < -0.4 is 11.2 Å². The minimum Gasteiger partial charge on any atom is -0.379 e. The summed E-state index contributed by atoms with van der Waals surface area (Å²) in [6.45, 7) is 0.801. The van der Waals surface area contributed by atoms with Gasteiger partial charge in [0, 0.05) is 13.0 Å². The predicted octanol–water partition coefficient (Wildman–Crippen LogP) is -1.22. The Morgan fingerprint density at radius 3 is 3.00 bits per heavy atom. The normalized spacial score (nSPS) is 30.4. The molecule has 0 saturated carbocycles. The molecule has 0 spiro atoms. The largest absolute Gasteiger partial charge is 0.379 e. The summed E-state index contributed by atoms with van der Waals surface area (Å²) in [7, 11) is 1.37. The average molecular weight is 160 g/mol. The maximum absolute atomic E-state index is 11.1. The third-order valence-corrected chi connectivity index (χ3v) is 1.70. The van der Waals surface area contributed by atoms with Crippen LogP contribution in [0.3, 0.4) is 0 Å². The van der Waals surface area contributed by atoms with E-state index >= 15 is 0 Å². The van der Waals surface area contributed by atoms with E-state index in [4.69, 9.17) is 10.5 Å². The summed E-state index contributed by atoms with van der Waals surface area (Å²) in [5.74, 6) is -0.322. The SMILES string of the molecule is CONC(=O)C1(N)CCOC1. The van der Waals surface area contributed by atoms with Crippen LogP contribution in [-0.4, -0.2) is 31.8 Å². The number of hydrogen-bond donors (Lipinski definition) is 2. The molecule has 1 aliphatic heterocycles. The van der Waals surface area contributed by atoms with E-state index in [0.717, 1.165) is 0 Å². The summed E-state index contributed by atoms with van der Waals surface area (Å²) in [6.07, 6.45) is 0.544. The number of nitrogens with one attached hydrogen (secondary N) is 1. The first kappa shape index (κ1) is 8.45. The molecule has 0 aromatic heterocycles. The van der Waals surface area contributed by atoms with Gasteiger partial charge in [-0.3, -0.25) is 9.63 Å². The molecule has 0 aliphatic carbocycles. The van der Waals surface area contributed by atoms with Gasteiger partial charge >= 0.3 is 0 Å². The summed E-state index contributed by atoms with van der Waals surface area (Å²) < 4.78 is 4.99. The molecule has 1 heterocycles. The van der Waals surface area contributed by atoms with Gasteiger partial charge in [-0.1, -0.05) is 0 Å². The minimum atomic E-state index is -0.893. The van der Waals surface area contributed by atoms with Crippen LogP contribution in [0, 0.1) is 0 Å². The fourth-order valence-corrected chi connectivity index (χ4v) is 0.954. The molecular formula is C6H12N2O3. The Hall–Kier alpha value is -0.650. The monoisotopic (exact) mass is 160 g/mol. The zero-order valence-corrected chi connectivity index (χ0v) is 6.42. The third kappa shape index (κ3) is 1.68. The van der Waals surface area contributed by atoms with Gasteiger partial charge in [-0.15, -0.1) is 0 Å². The van der Waals surface area contributed by atoms with E-state index in [-0.39, 0.29) is 12.5 Å². The Balaban J connectivity index is 2.49. The zero-order chi connectivity index (χ0) is 8.32. The average Bonchev–Trinajstić information content (AvgIpc) is 2.38. The van der Waals surface area contributed by atoms with E-state index in [0.29, 0.717) is 13.0 Å². The van der Waals surface area contributed by atoms with Crippen LogP contribution in [0.4, 0.5) is 0 Å². The molecule has 0 radical (unpaired) electrons. The first-order chi connectivity index (χ1) is 5.19. The minimum absolute atomic E-state index is 0.266. The second-order valence-electron chi connectivity index (χ2n) is 2.59. The standard InChI is InChI=1S/C6H12N2O3/c1-10-8-5(9)6(7)2-3-11-4-6/h2-4,7H2,1H3,(H,8,9). The lowest BCUT2D eigenvalue weighted by molar-refractivity contribution is -0.136. The van der Waals surface area contributed by atoms with Crippen molar-refractivity contribution in [3.8, 4) is 0 Å². The Kier molecular flexibility index (Phi) is 2.43. The Labute approximate surface area is 64.8 Å². The lowest BCUT2D eigenvalue weighted by atomic mass is 10.0. The van der Waals surface area contributed by atoms with Crippen LogP contribution in [-0.2, 0) is 14.4 Å². The highest BCUT2D eigenvalue weighted by atomic mass is 16.6. The second kappa shape index (κ2) is 3.17. The molecule has 5 heteroatoms. The molecule has 11 heavy (non-hydrogen) atoms. The smallest absolute Gasteiger partial charge is 0.266 e. The number of nitrogens with two attached hydrogens (primary N) is 1. The molecule has 1 atom stereocenters. The van der Waals surface area contributed by atoms with Crippen molar-refractivity contribution in [2.45, 2.75) is 12.0 Å². The number of carbonyl (C=O) groups excluding carboxylic acids is 1. The Morgan fingerprint density at radius 1 is 1.82 bits per heavy atom. The van der Waals surface area contributed by atoms with E-state index < -0.39 is 5.54 Å². The number of rotatable bonds is 2. The highest BCUT2D eigenvalue weighted by Crippen LogP contribution is 2.14. The van der Waals surface area contributed by atoms with Gasteiger partial charge in [-0.05, 0) is 0 Å². The van der Waals surface area contributed by atoms with Crippen molar-refractivity contribution >= 4 is 5.91 Å². The van der Waals surface area contributed by atoms with Crippen molar-refractivity contribution in [2.75, 3.05) is 20.3 Å². The Bertz CT molecular complexity index is 154. The van der Waals surface area contributed by atoms with Crippen LogP contribution in [0.2, 0.25) is 0 Å². The first-order valence-electron chi connectivity index (χ1n) is 3.39. The van der Waals surface area contributed by atoms with Crippen LogP contribution in [0.5, 0.6) is 0 Å². The maximum atomic E-state index is 11.1. The fourth-order valence-electron chi connectivity index (χ4n) is 0.954. The number of hydroxylamine groups is 1. The molecular weight excluding hydrogens is 148 g/mol. The van der Waals surface area contributed by atoms with E-state index in [9.17, 15) is 4.79 Å². The van der Waals surface area contributed by atoms with Gasteiger partial charge in [0.1, 0.15) is 5.54 Å². The molecule has 64 valence electrons. The van der Waals surface area contributed by atoms with Crippen molar-refractivity contribution in [3.63, 3.8) is 0 Å². The first-order valence-corrected chi connectivity index (χ1v) is 3.39. The van der Waals surface area contributed by atoms with Gasteiger partial charge in [-0.2, -0.15) is 0 Å². The summed E-state index contributed by atoms with van der Waals surface area (Å²) >= 11 is 0. The molecule has 1 fully saturated rings. The van der Waals surface area contributed by atoms with E-state index in [1.807, 2.05) is 0 Å². The van der Waals surface area contributed by atoms with Gasteiger partial charge in [-0.25, -0.2) is 5.48 Å². The van der Waals surface area contributed by atoms with Gasteiger partial charge < -0.3 is 10.5 Å². The van der Waals surface area contributed by atoms with Gasteiger partial charge in [0.2, 0.25) is 0 Å². The van der Waals surface area contributed by atoms with E-state index in [1.165, 1.54) is 7.11 Å². The van der Waals surface area contributed by atoms with Gasteiger partial charge in [0.25, 0.3) is 5.91 Å². The van der Waals surface area contributed by atoms with Crippen LogP contribution >= 0.6 is 0 Å². The maximum Gasteiger partial charge on any atom is 0.266 e. The third-order valence-electron chi connectivity index (χ3n) is 1.70. The number of carbonyl (C=O) groups is 1. The quantitative estimate of drug-likeness (QED) is 0.497. The molecule has 1 aliphatic rings. The summed E-state index contributed by atoms with van der Waals surface area (Å²) in [5.41, 5.74) is 6.96. The van der Waals surface area contributed by atoms with Crippen LogP contribution in [0.15, 0.2) is 0 Å². The van der Waals surface area contributed by atoms with E-state index in [2.05, 4.69) is 10.3 Å². The van der Waals surface area contributed by atoms with Crippen molar-refractivity contribution in [3.05, 3.63) is 0 Å². The van der Waals surface area contributed by atoms with Crippen molar-refractivity contribution in [1.82, 2.24) is 5.48 Å². The second-order valence-corrected chi connectivity index (χ2v) is 2.59. The molecule has 0 aromatic carbocycles. The Morgan fingerprint density at radius 2 is 2.55 bits per heavy atom.